The summed E-state index contributed by atoms with van der Waals surface area (Å²) in [5.74, 6) is 1.06. The zero-order valence-corrected chi connectivity index (χ0v) is 12.5. The van der Waals surface area contributed by atoms with Crippen molar-refractivity contribution in [2.24, 2.45) is 0 Å². The van der Waals surface area contributed by atoms with Crippen LogP contribution in [0.3, 0.4) is 0 Å². The van der Waals surface area contributed by atoms with Crippen LogP contribution in [0, 0.1) is 0 Å². The Bertz CT molecular complexity index is 383. The first-order chi connectivity index (χ1) is 8.81. The van der Waals surface area contributed by atoms with Crippen LogP contribution in [0.5, 0.6) is 5.75 Å². The molecule has 2 rings (SSSR count). The van der Waals surface area contributed by atoms with Crippen molar-refractivity contribution in [3.05, 3.63) is 29.3 Å². The third kappa shape index (κ3) is 3.41. The predicted octanol–water partition coefficient (Wildman–Crippen LogP) is 2.51. The molecular formula is C15H24ClNO2. The fraction of sp³-hybridized carbons (Fsp3) is 0.600. The Balaban J connectivity index is 0.00000180. The van der Waals surface area contributed by atoms with Crippen molar-refractivity contribution in [3.8, 4) is 5.75 Å². The second-order valence-corrected chi connectivity index (χ2v) is 4.92. The van der Waals surface area contributed by atoms with Gasteiger partial charge < -0.3 is 15.2 Å². The van der Waals surface area contributed by atoms with Crippen LogP contribution in [0.4, 0.5) is 0 Å². The molecule has 0 saturated carbocycles. The van der Waals surface area contributed by atoms with Crippen LogP contribution in [-0.4, -0.2) is 31.4 Å². The minimum absolute atomic E-state index is 0. The number of aryl methyl sites for hydroxylation is 1. The molecule has 4 heteroatoms. The zero-order valence-electron chi connectivity index (χ0n) is 11.7. The summed E-state index contributed by atoms with van der Waals surface area (Å²) in [6.45, 7) is 3.35. The molecule has 1 aromatic rings. The average Bonchev–Trinajstić information content (AvgIpc) is 2.43. The summed E-state index contributed by atoms with van der Waals surface area (Å²) in [7, 11) is 1.70. The molecule has 0 bridgehead atoms. The number of rotatable bonds is 5. The first-order valence-electron chi connectivity index (χ1n) is 6.81. The molecule has 0 aliphatic heterocycles. The van der Waals surface area contributed by atoms with Crippen molar-refractivity contribution in [1.29, 1.82) is 0 Å². The number of benzene rings is 1. The molecular weight excluding hydrogens is 262 g/mol. The Kier molecular flexibility index (Phi) is 6.63. The highest BCUT2D eigenvalue weighted by Gasteiger charge is 2.30. The Labute approximate surface area is 121 Å². The van der Waals surface area contributed by atoms with Crippen LogP contribution in [0.2, 0.25) is 0 Å². The van der Waals surface area contributed by atoms with Gasteiger partial charge in [0.25, 0.3) is 0 Å². The molecule has 108 valence electrons. The van der Waals surface area contributed by atoms with E-state index in [9.17, 15) is 5.11 Å². The van der Waals surface area contributed by atoms with Gasteiger partial charge in [0.15, 0.2) is 0 Å². The van der Waals surface area contributed by atoms with E-state index in [-0.39, 0.29) is 24.9 Å². The average molecular weight is 286 g/mol. The highest BCUT2D eigenvalue weighted by Crippen LogP contribution is 2.37. The molecule has 1 aliphatic carbocycles. The maximum atomic E-state index is 9.73. The molecule has 0 saturated heterocycles. The van der Waals surface area contributed by atoms with Gasteiger partial charge in [-0.25, -0.2) is 0 Å². The number of hydrogen-bond acceptors (Lipinski definition) is 3. The molecule has 2 N–H and O–H groups in total. The molecule has 1 aliphatic rings. The van der Waals surface area contributed by atoms with Crippen molar-refractivity contribution in [2.45, 2.75) is 38.1 Å². The topological polar surface area (TPSA) is 41.5 Å². The maximum Gasteiger partial charge on any atom is 0.122 e. The smallest absolute Gasteiger partial charge is 0.122 e. The Morgan fingerprint density at radius 1 is 1.42 bits per heavy atom. The highest BCUT2D eigenvalue weighted by atomic mass is 35.5. The van der Waals surface area contributed by atoms with E-state index < -0.39 is 0 Å². The van der Waals surface area contributed by atoms with Crippen LogP contribution < -0.4 is 10.1 Å². The minimum atomic E-state index is 0. The van der Waals surface area contributed by atoms with Gasteiger partial charge in [0.1, 0.15) is 5.75 Å². The molecule has 0 spiro atoms. The van der Waals surface area contributed by atoms with Gasteiger partial charge in [0, 0.05) is 17.5 Å². The fourth-order valence-corrected chi connectivity index (χ4v) is 2.91. The lowest BCUT2D eigenvalue weighted by Gasteiger charge is -2.34. The van der Waals surface area contributed by atoms with Crippen LogP contribution in [0.1, 0.15) is 36.8 Å². The van der Waals surface area contributed by atoms with E-state index in [0.717, 1.165) is 31.6 Å². The molecule has 0 aromatic heterocycles. The molecule has 0 radical (unpaired) electrons. The van der Waals surface area contributed by atoms with E-state index in [1.807, 2.05) is 12.1 Å². The van der Waals surface area contributed by atoms with Gasteiger partial charge in [-0.05, 0) is 37.4 Å². The quantitative estimate of drug-likeness (QED) is 0.873. The summed E-state index contributed by atoms with van der Waals surface area (Å²) in [6.07, 6.45) is 3.27. The molecule has 0 unspecified atom stereocenters. The van der Waals surface area contributed by atoms with Gasteiger partial charge in [0.2, 0.25) is 0 Å². The highest BCUT2D eigenvalue weighted by molar-refractivity contribution is 5.85. The van der Waals surface area contributed by atoms with Gasteiger partial charge in [-0.2, -0.15) is 0 Å². The van der Waals surface area contributed by atoms with Crippen molar-refractivity contribution < 1.29 is 9.84 Å². The second kappa shape index (κ2) is 7.73. The predicted molar refractivity (Wildman–Crippen MR) is 80.5 cm³/mol. The Morgan fingerprint density at radius 3 is 2.84 bits per heavy atom. The van der Waals surface area contributed by atoms with E-state index in [4.69, 9.17) is 4.74 Å². The number of nitrogens with one attached hydrogen (secondary N) is 1. The maximum absolute atomic E-state index is 9.73. The van der Waals surface area contributed by atoms with Crippen LogP contribution in [-0.2, 0) is 6.42 Å². The lowest BCUT2D eigenvalue weighted by Crippen LogP contribution is -2.40. The van der Waals surface area contributed by atoms with E-state index >= 15 is 0 Å². The number of ether oxygens (including phenoxy) is 1. The Hall–Kier alpha value is -0.770. The number of halogens is 1. The van der Waals surface area contributed by atoms with Crippen LogP contribution in [0.25, 0.3) is 0 Å². The number of fused-ring (bicyclic) bond motifs is 1. The van der Waals surface area contributed by atoms with E-state index in [0.29, 0.717) is 6.04 Å². The molecule has 1 aromatic carbocycles. The molecule has 0 amide bonds. The lowest BCUT2D eigenvalue weighted by molar-refractivity contribution is 0.220. The van der Waals surface area contributed by atoms with E-state index in [1.54, 1.807) is 7.11 Å². The minimum Gasteiger partial charge on any atom is -0.496 e. The molecule has 2 atom stereocenters. The van der Waals surface area contributed by atoms with Crippen LogP contribution >= 0.6 is 12.4 Å². The van der Waals surface area contributed by atoms with Crippen molar-refractivity contribution >= 4 is 12.4 Å². The van der Waals surface area contributed by atoms with Crippen LogP contribution in [0.15, 0.2) is 18.2 Å². The Morgan fingerprint density at radius 2 is 2.21 bits per heavy atom. The normalized spacial score (nSPS) is 21.4. The summed E-state index contributed by atoms with van der Waals surface area (Å²) in [5.41, 5.74) is 2.52. The monoisotopic (exact) mass is 285 g/mol. The zero-order chi connectivity index (χ0) is 13.0. The SMILES string of the molecule is CCCN[C@H]1CCc2cccc(OC)c2[C@H]1CO.Cl. The van der Waals surface area contributed by atoms with E-state index in [1.165, 1.54) is 11.1 Å². The number of aliphatic hydroxyl groups is 1. The summed E-state index contributed by atoms with van der Waals surface area (Å²) < 4.78 is 5.46. The molecule has 0 heterocycles. The van der Waals surface area contributed by atoms with Gasteiger partial charge in [-0.3, -0.25) is 0 Å². The molecule has 3 nitrogen and oxygen atoms in total. The van der Waals surface area contributed by atoms with Gasteiger partial charge in [-0.1, -0.05) is 19.1 Å². The van der Waals surface area contributed by atoms with Crippen molar-refractivity contribution in [1.82, 2.24) is 5.32 Å². The van der Waals surface area contributed by atoms with Gasteiger partial charge >= 0.3 is 0 Å². The van der Waals surface area contributed by atoms with E-state index in [2.05, 4.69) is 18.3 Å². The fourth-order valence-electron chi connectivity index (χ4n) is 2.91. The number of hydrogen-bond donors (Lipinski definition) is 2. The third-order valence-corrected chi connectivity index (χ3v) is 3.81. The van der Waals surface area contributed by atoms with Gasteiger partial charge in [-0.15, -0.1) is 12.4 Å². The molecule has 0 fully saturated rings. The summed E-state index contributed by atoms with van der Waals surface area (Å²) in [6, 6.07) is 6.53. The number of aliphatic hydroxyl groups excluding tert-OH is 1. The summed E-state index contributed by atoms with van der Waals surface area (Å²) in [5, 5.41) is 13.3. The number of methoxy groups -OCH3 is 1. The van der Waals surface area contributed by atoms with Gasteiger partial charge in [0.05, 0.1) is 13.7 Å². The van der Waals surface area contributed by atoms with Crippen molar-refractivity contribution in [3.63, 3.8) is 0 Å². The second-order valence-electron chi connectivity index (χ2n) is 4.92. The summed E-state index contributed by atoms with van der Waals surface area (Å²) in [4.78, 5) is 0. The summed E-state index contributed by atoms with van der Waals surface area (Å²) >= 11 is 0. The first kappa shape index (κ1) is 16.3. The third-order valence-electron chi connectivity index (χ3n) is 3.81. The lowest BCUT2D eigenvalue weighted by atomic mass is 9.79. The van der Waals surface area contributed by atoms with Crippen molar-refractivity contribution in [2.75, 3.05) is 20.3 Å². The largest absolute Gasteiger partial charge is 0.496 e. The standard InChI is InChI=1S/C15H23NO2.ClH/c1-3-9-16-13-8-7-11-5-4-6-14(18-2)15(11)12(13)10-17;/h4-6,12-13,16-17H,3,7-10H2,1-2H3;1H/t12-,13-;/m0./s1. The first-order valence-corrected chi connectivity index (χ1v) is 6.81. The molecule has 19 heavy (non-hydrogen) atoms.